The van der Waals surface area contributed by atoms with Crippen LogP contribution in [-0.4, -0.2) is 22.8 Å². The van der Waals surface area contributed by atoms with Gasteiger partial charge in [0.25, 0.3) is 0 Å². The van der Waals surface area contributed by atoms with Gasteiger partial charge in [0, 0.05) is 28.5 Å². The van der Waals surface area contributed by atoms with E-state index >= 15 is 0 Å². The van der Waals surface area contributed by atoms with Gasteiger partial charge in [0.2, 0.25) is 0 Å². The van der Waals surface area contributed by atoms with Crippen LogP contribution >= 0.6 is 34.7 Å². The van der Waals surface area contributed by atoms with Gasteiger partial charge in [-0.15, -0.1) is 11.3 Å². The summed E-state index contributed by atoms with van der Waals surface area (Å²) in [5, 5.41) is 5.46. The molecule has 1 aliphatic rings. The van der Waals surface area contributed by atoms with Crippen molar-refractivity contribution in [3.05, 3.63) is 69.8 Å². The maximum absolute atomic E-state index is 10.9. The normalized spacial score (nSPS) is 16.2. The summed E-state index contributed by atoms with van der Waals surface area (Å²) in [4.78, 5) is 22.5. The van der Waals surface area contributed by atoms with Gasteiger partial charge in [0.15, 0.2) is 0 Å². The molecule has 7 heteroatoms. The second-order valence-corrected chi connectivity index (χ2v) is 9.01. The molecule has 1 aliphatic heterocycles. The number of carbonyl (C=O) groups is 1. The molecule has 0 spiro atoms. The number of nitrogens with zero attached hydrogens (tertiary/aromatic N) is 2. The quantitative estimate of drug-likeness (QED) is 0.425. The number of halogens is 1. The van der Waals surface area contributed by atoms with Crippen molar-refractivity contribution < 1.29 is 4.79 Å². The standard InChI is InChI=1S/C21H18ClN3OS2/c22-19-11-16(13-27-19)28-18-12-24-21(17-6-1-2-8-23-17)25-20(18)15-5-3-4-14(10-15)7-9-26/h1,3-6,9-13,17,23H,2,7-8H2. The van der Waals surface area contributed by atoms with E-state index in [2.05, 4.69) is 22.5 Å². The summed E-state index contributed by atoms with van der Waals surface area (Å²) in [5.41, 5.74) is 2.82. The lowest BCUT2D eigenvalue weighted by Crippen LogP contribution is -2.25. The Bertz CT molecular complexity index is 1020. The lowest BCUT2D eigenvalue weighted by molar-refractivity contribution is -0.107. The topological polar surface area (TPSA) is 54.9 Å². The van der Waals surface area contributed by atoms with Gasteiger partial charge in [-0.2, -0.15) is 0 Å². The van der Waals surface area contributed by atoms with Crippen molar-refractivity contribution in [1.29, 1.82) is 0 Å². The molecular weight excluding hydrogens is 410 g/mol. The van der Waals surface area contributed by atoms with E-state index in [1.54, 1.807) is 11.8 Å². The predicted octanol–water partition coefficient (Wildman–Crippen LogP) is 5.34. The number of hydrogen-bond donors (Lipinski definition) is 1. The second kappa shape index (κ2) is 9.01. The van der Waals surface area contributed by atoms with Crippen LogP contribution in [0.3, 0.4) is 0 Å². The SMILES string of the molecule is O=CCc1cccc(-c2nc(C3C=CCCN3)ncc2Sc2csc(Cl)c2)c1. The highest BCUT2D eigenvalue weighted by Crippen LogP contribution is 2.38. The van der Waals surface area contributed by atoms with Crippen molar-refractivity contribution >= 4 is 41.0 Å². The number of nitrogens with one attached hydrogen (secondary N) is 1. The summed E-state index contributed by atoms with van der Waals surface area (Å²) in [6, 6.07) is 9.93. The van der Waals surface area contributed by atoms with Gasteiger partial charge in [0.1, 0.15) is 12.1 Å². The van der Waals surface area contributed by atoms with E-state index in [1.165, 1.54) is 11.3 Å². The van der Waals surface area contributed by atoms with Crippen LogP contribution in [0.25, 0.3) is 11.3 Å². The molecular formula is C21H18ClN3OS2. The maximum atomic E-state index is 10.9. The minimum atomic E-state index is 0.0142. The molecule has 4 rings (SSSR count). The number of aromatic nitrogens is 2. The summed E-state index contributed by atoms with van der Waals surface area (Å²) in [6.45, 7) is 0.915. The van der Waals surface area contributed by atoms with Crippen molar-refractivity contribution in [2.24, 2.45) is 0 Å². The smallest absolute Gasteiger partial charge is 0.149 e. The first-order chi connectivity index (χ1) is 13.7. The molecule has 0 saturated heterocycles. The van der Waals surface area contributed by atoms with Crippen LogP contribution in [0.4, 0.5) is 0 Å². The van der Waals surface area contributed by atoms with Gasteiger partial charge in [-0.1, -0.05) is 53.7 Å². The molecule has 0 amide bonds. The molecule has 0 fully saturated rings. The minimum Gasteiger partial charge on any atom is -0.304 e. The summed E-state index contributed by atoms with van der Waals surface area (Å²) in [6.07, 6.45) is 8.47. The first-order valence-corrected chi connectivity index (χ1v) is 11.0. The van der Waals surface area contributed by atoms with E-state index in [0.717, 1.165) is 56.0 Å². The molecule has 0 aliphatic carbocycles. The van der Waals surface area contributed by atoms with Crippen molar-refractivity contribution in [1.82, 2.24) is 15.3 Å². The van der Waals surface area contributed by atoms with Crippen LogP contribution in [0, 0.1) is 0 Å². The zero-order valence-corrected chi connectivity index (χ0v) is 17.4. The van der Waals surface area contributed by atoms with Crippen LogP contribution in [0.1, 0.15) is 23.9 Å². The lowest BCUT2D eigenvalue weighted by Gasteiger charge is -2.18. The van der Waals surface area contributed by atoms with Gasteiger partial charge in [-0.3, -0.25) is 0 Å². The fourth-order valence-electron chi connectivity index (χ4n) is 3.03. The first kappa shape index (κ1) is 19.3. The maximum Gasteiger partial charge on any atom is 0.149 e. The third-order valence-corrected chi connectivity index (χ3v) is 6.58. The van der Waals surface area contributed by atoms with Crippen LogP contribution < -0.4 is 5.32 Å². The average Bonchev–Trinajstić information content (AvgIpc) is 3.14. The van der Waals surface area contributed by atoms with Crippen LogP contribution in [-0.2, 0) is 11.2 Å². The highest BCUT2D eigenvalue weighted by Gasteiger charge is 2.18. The molecule has 4 nitrogen and oxygen atoms in total. The van der Waals surface area contributed by atoms with Gasteiger partial charge in [0.05, 0.1) is 21.0 Å². The molecule has 0 radical (unpaired) electrons. The number of rotatable bonds is 6. The third-order valence-electron chi connectivity index (χ3n) is 4.35. The Kier molecular flexibility index (Phi) is 6.22. The predicted molar refractivity (Wildman–Crippen MR) is 115 cm³/mol. The van der Waals surface area contributed by atoms with Gasteiger partial charge >= 0.3 is 0 Å². The van der Waals surface area contributed by atoms with Crippen molar-refractivity contribution in [3.8, 4) is 11.3 Å². The molecule has 2 aromatic heterocycles. The molecule has 1 aromatic carbocycles. The van der Waals surface area contributed by atoms with Crippen LogP contribution in [0.5, 0.6) is 0 Å². The molecule has 1 atom stereocenters. The Hall–Kier alpha value is -1.99. The Morgan fingerprint density at radius 2 is 2.29 bits per heavy atom. The number of thiophene rings is 1. The highest BCUT2D eigenvalue weighted by atomic mass is 35.5. The zero-order valence-electron chi connectivity index (χ0n) is 15.0. The Morgan fingerprint density at radius 3 is 3.04 bits per heavy atom. The molecule has 1 unspecified atom stereocenters. The highest BCUT2D eigenvalue weighted by molar-refractivity contribution is 7.99. The fraction of sp³-hybridized carbons (Fsp3) is 0.190. The van der Waals surface area contributed by atoms with Crippen molar-refractivity contribution in [3.63, 3.8) is 0 Å². The van der Waals surface area contributed by atoms with Gasteiger partial charge in [-0.05, 0) is 30.7 Å². The summed E-state index contributed by atoms with van der Waals surface area (Å²) in [7, 11) is 0. The first-order valence-electron chi connectivity index (χ1n) is 8.95. The minimum absolute atomic E-state index is 0.0142. The van der Waals surface area contributed by atoms with Crippen LogP contribution in [0.15, 0.2) is 63.9 Å². The molecule has 28 heavy (non-hydrogen) atoms. The van der Waals surface area contributed by atoms with E-state index in [0.29, 0.717) is 6.42 Å². The average molecular weight is 428 g/mol. The number of hydrogen-bond acceptors (Lipinski definition) is 6. The van der Waals surface area contributed by atoms with E-state index < -0.39 is 0 Å². The molecule has 0 bridgehead atoms. The van der Waals surface area contributed by atoms with Gasteiger partial charge in [-0.25, -0.2) is 9.97 Å². The summed E-state index contributed by atoms with van der Waals surface area (Å²) in [5.74, 6) is 0.749. The molecule has 142 valence electrons. The van der Waals surface area contributed by atoms with E-state index in [9.17, 15) is 4.79 Å². The number of carbonyl (C=O) groups excluding carboxylic acids is 1. The monoisotopic (exact) mass is 427 g/mol. The van der Waals surface area contributed by atoms with E-state index in [-0.39, 0.29) is 6.04 Å². The molecule has 1 N–H and O–H groups in total. The van der Waals surface area contributed by atoms with Crippen molar-refractivity contribution in [2.75, 3.05) is 6.54 Å². The second-order valence-electron chi connectivity index (χ2n) is 6.35. The molecule has 3 aromatic rings. The Labute approximate surface area is 177 Å². The molecule has 3 heterocycles. The lowest BCUT2D eigenvalue weighted by atomic mass is 10.1. The van der Waals surface area contributed by atoms with E-state index in [4.69, 9.17) is 16.6 Å². The van der Waals surface area contributed by atoms with E-state index in [1.807, 2.05) is 41.9 Å². The summed E-state index contributed by atoms with van der Waals surface area (Å²) < 4.78 is 0.756. The van der Waals surface area contributed by atoms with Crippen molar-refractivity contribution in [2.45, 2.75) is 28.7 Å². The molecule has 0 saturated carbocycles. The Balaban J connectivity index is 1.76. The van der Waals surface area contributed by atoms with Crippen LogP contribution in [0.2, 0.25) is 4.34 Å². The van der Waals surface area contributed by atoms with Gasteiger partial charge < -0.3 is 10.1 Å². The Morgan fingerprint density at radius 1 is 1.36 bits per heavy atom. The number of aldehydes is 1. The number of benzene rings is 1. The largest absolute Gasteiger partial charge is 0.304 e. The fourth-order valence-corrected chi connectivity index (χ4v) is 5.05. The summed E-state index contributed by atoms with van der Waals surface area (Å²) >= 11 is 9.19. The zero-order chi connectivity index (χ0) is 19.3. The third kappa shape index (κ3) is 4.52.